The van der Waals surface area contributed by atoms with Gasteiger partial charge in [0.1, 0.15) is 11.5 Å². The van der Waals surface area contributed by atoms with Gasteiger partial charge in [-0.15, -0.1) is 0 Å². The van der Waals surface area contributed by atoms with Gasteiger partial charge in [0, 0.05) is 16.7 Å². The molecule has 4 aromatic rings. The van der Waals surface area contributed by atoms with Gasteiger partial charge in [0.2, 0.25) is 0 Å². The Labute approximate surface area is 193 Å². The fourth-order valence-electron chi connectivity index (χ4n) is 3.60. The van der Waals surface area contributed by atoms with Gasteiger partial charge >= 0.3 is 0 Å². The smallest absolute Gasteiger partial charge is 0.198 e. The van der Waals surface area contributed by atoms with Gasteiger partial charge in [-0.05, 0) is 36.4 Å². The number of benzene rings is 4. The first-order chi connectivity index (χ1) is 15.5. The molecule has 0 N–H and O–H groups in total. The number of ketones is 2. The highest BCUT2D eigenvalue weighted by molar-refractivity contribution is 6.32. The highest BCUT2D eigenvalue weighted by Gasteiger charge is 2.34. The van der Waals surface area contributed by atoms with Gasteiger partial charge in [-0.1, -0.05) is 71.7 Å². The van der Waals surface area contributed by atoms with Crippen molar-refractivity contribution in [3.63, 3.8) is 0 Å². The lowest BCUT2D eigenvalue weighted by atomic mass is 9.83. The van der Waals surface area contributed by atoms with E-state index in [0.29, 0.717) is 32.7 Å². The molecule has 6 heteroatoms. The molecule has 0 saturated carbocycles. The van der Waals surface area contributed by atoms with Gasteiger partial charge in [-0.3, -0.25) is 9.59 Å². The van der Waals surface area contributed by atoms with Gasteiger partial charge in [-0.25, -0.2) is 0 Å². The first-order valence-corrected chi connectivity index (χ1v) is 10.5. The lowest BCUT2D eigenvalue weighted by Crippen LogP contribution is -2.21. The standard InChI is InChI=1S/C26H14Cl2O4/c27-18-9-3-5-11-20(18)31-22-14-13-17-23(26(22)32-21-12-6-4-10-19(21)28)25(30)16-8-2-1-7-15(16)24(17)29/h1-14H. The zero-order valence-corrected chi connectivity index (χ0v) is 18.0. The quantitative estimate of drug-likeness (QED) is 0.281. The maximum atomic E-state index is 13.5. The summed E-state index contributed by atoms with van der Waals surface area (Å²) in [5, 5.41) is 0.741. The third kappa shape index (κ3) is 3.44. The molecular weight excluding hydrogens is 447 g/mol. The fraction of sp³-hybridized carbons (Fsp3) is 0. The normalized spacial score (nSPS) is 12.2. The maximum absolute atomic E-state index is 13.5. The van der Waals surface area contributed by atoms with E-state index in [1.54, 1.807) is 84.9 Å². The predicted molar refractivity (Wildman–Crippen MR) is 123 cm³/mol. The van der Waals surface area contributed by atoms with E-state index in [1.165, 1.54) is 0 Å². The Hall–Kier alpha value is -3.60. The molecule has 5 rings (SSSR count). The summed E-state index contributed by atoms with van der Waals surface area (Å²) in [5.74, 6) is 0.449. The van der Waals surface area contributed by atoms with Crippen molar-refractivity contribution < 1.29 is 19.1 Å². The Kier molecular flexibility index (Phi) is 5.17. The number of carbonyl (C=O) groups is 2. The lowest BCUT2D eigenvalue weighted by molar-refractivity contribution is 0.0976. The predicted octanol–water partition coefficient (Wildman–Crippen LogP) is 7.35. The molecule has 4 aromatic carbocycles. The highest BCUT2D eigenvalue weighted by Crippen LogP contribution is 2.45. The third-order valence-electron chi connectivity index (χ3n) is 5.11. The Morgan fingerprint density at radius 3 is 1.66 bits per heavy atom. The molecule has 1 aliphatic carbocycles. The van der Waals surface area contributed by atoms with Crippen molar-refractivity contribution in [2.45, 2.75) is 0 Å². The number of carbonyl (C=O) groups excluding carboxylic acids is 2. The van der Waals surface area contributed by atoms with E-state index >= 15 is 0 Å². The van der Waals surface area contributed by atoms with Crippen LogP contribution < -0.4 is 9.47 Å². The number of para-hydroxylation sites is 2. The van der Waals surface area contributed by atoms with Gasteiger partial charge in [0.25, 0.3) is 0 Å². The molecule has 0 heterocycles. The van der Waals surface area contributed by atoms with Crippen LogP contribution in [0.1, 0.15) is 31.8 Å². The summed E-state index contributed by atoms with van der Waals surface area (Å²) in [6.07, 6.45) is 0. The molecule has 32 heavy (non-hydrogen) atoms. The van der Waals surface area contributed by atoms with E-state index in [9.17, 15) is 9.59 Å². The van der Waals surface area contributed by atoms with E-state index in [1.807, 2.05) is 0 Å². The SMILES string of the molecule is O=C1c2ccccc2C(=O)c2c1ccc(Oc1ccccc1Cl)c2Oc1ccccc1Cl. The van der Waals surface area contributed by atoms with E-state index < -0.39 is 0 Å². The fourth-order valence-corrected chi connectivity index (χ4v) is 3.95. The van der Waals surface area contributed by atoms with Crippen molar-refractivity contribution in [1.29, 1.82) is 0 Å². The minimum atomic E-state index is -0.332. The van der Waals surface area contributed by atoms with Crippen LogP contribution in [0.2, 0.25) is 10.0 Å². The topological polar surface area (TPSA) is 52.6 Å². The number of rotatable bonds is 4. The molecule has 0 fully saturated rings. The average Bonchev–Trinajstić information content (AvgIpc) is 2.81. The summed E-state index contributed by atoms with van der Waals surface area (Å²) < 4.78 is 12.1. The van der Waals surface area contributed by atoms with Crippen molar-refractivity contribution in [3.8, 4) is 23.0 Å². The molecular formula is C26H14Cl2O4. The number of hydrogen-bond acceptors (Lipinski definition) is 4. The van der Waals surface area contributed by atoms with Gasteiger partial charge < -0.3 is 9.47 Å². The molecule has 0 spiro atoms. The number of fused-ring (bicyclic) bond motifs is 2. The molecule has 0 unspecified atom stereocenters. The van der Waals surface area contributed by atoms with E-state index in [0.717, 1.165) is 0 Å². The second-order valence-electron chi connectivity index (χ2n) is 7.08. The van der Waals surface area contributed by atoms with Crippen LogP contribution in [0.5, 0.6) is 23.0 Å². The van der Waals surface area contributed by atoms with Crippen molar-refractivity contribution in [2.75, 3.05) is 0 Å². The third-order valence-corrected chi connectivity index (χ3v) is 5.74. The van der Waals surface area contributed by atoms with Crippen molar-refractivity contribution in [3.05, 3.63) is 117 Å². The van der Waals surface area contributed by atoms with Crippen LogP contribution in [-0.4, -0.2) is 11.6 Å². The van der Waals surface area contributed by atoms with Crippen LogP contribution in [0.15, 0.2) is 84.9 Å². The van der Waals surface area contributed by atoms with E-state index in [2.05, 4.69) is 0 Å². The number of ether oxygens (including phenoxy) is 2. The zero-order valence-electron chi connectivity index (χ0n) is 16.5. The largest absolute Gasteiger partial charge is 0.452 e. The zero-order chi connectivity index (χ0) is 22.2. The van der Waals surface area contributed by atoms with Crippen LogP contribution in [0.3, 0.4) is 0 Å². The lowest BCUT2D eigenvalue weighted by Gasteiger charge is -2.22. The van der Waals surface area contributed by atoms with Crippen LogP contribution in [-0.2, 0) is 0 Å². The van der Waals surface area contributed by atoms with Crippen molar-refractivity contribution >= 4 is 34.8 Å². The molecule has 0 saturated heterocycles. The molecule has 0 amide bonds. The number of hydrogen-bond donors (Lipinski definition) is 0. The maximum Gasteiger partial charge on any atom is 0.198 e. The molecule has 0 radical (unpaired) electrons. The molecule has 0 bridgehead atoms. The highest BCUT2D eigenvalue weighted by atomic mass is 35.5. The summed E-state index contributed by atoms with van der Waals surface area (Å²) in [6, 6.07) is 23.7. The average molecular weight is 461 g/mol. The Morgan fingerprint density at radius 1 is 0.500 bits per heavy atom. The van der Waals surface area contributed by atoms with Crippen LogP contribution in [0, 0.1) is 0 Å². The minimum Gasteiger partial charge on any atom is -0.452 e. The molecule has 0 atom stereocenters. The second-order valence-corrected chi connectivity index (χ2v) is 7.90. The van der Waals surface area contributed by atoms with Gasteiger partial charge in [-0.2, -0.15) is 0 Å². The van der Waals surface area contributed by atoms with Crippen LogP contribution in [0.25, 0.3) is 0 Å². The molecule has 0 aromatic heterocycles. The van der Waals surface area contributed by atoms with Crippen molar-refractivity contribution in [1.82, 2.24) is 0 Å². The van der Waals surface area contributed by atoms with Gasteiger partial charge in [0.05, 0.1) is 15.6 Å². The molecule has 1 aliphatic rings. The first-order valence-electron chi connectivity index (χ1n) is 9.75. The summed E-state index contributed by atoms with van der Waals surface area (Å²) in [4.78, 5) is 26.6. The molecule has 4 nitrogen and oxygen atoms in total. The number of halogens is 2. The van der Waals surface area contributed by atoms with E-state index in [-0.39, 0.29) is 34.2 Å². The Balaban J connectivity index is 1.72. The van der Waals surface area contributed by atoms with Gasteiger partial charge in [0.15, 0.2) is 23.1 Å². The summed E-state index contributed by atoms with van der Waals surface area (Å²) in [5.41, 5.74) is 1.03. The minimum absolute atomic E-state index is 0.100. The first kappa shape index (κ1) is 20.3. The second kappa shape index (κ2) is 8.15. The molecule has 0 aliphatic heterocycles. The monoisotopic (exact) mass is 460 g/mol. The van der Waals surface area contributed by atoms with Crippen molar-refractivity contribution in [2.24, 2.45) is 0 Å². The Morgan fingerprint density at radius 2 is 1.03 bits per heavy atom. The van der Waals surface area contributed by atoms with Crippen LogP contribution in [0.4, 0.5) is 0 Å². The van der Waals surface area contributed by atoms with Crippen LogP contribution >= 0.6 is 23.2 Å². The Bertz CT molecular complexity index is 1390. The summed E-state index contributed by atoms with van der Waals surface area (Å²) >= 11 is 12.6. The van der Waals surface area contributed by atoms with E-state index in [4.69, 9.17) is 32.7 Å². The molecule has 156 valence electrons. The summed E-state index contributed by atoms with van der Waals surface area (Å²) in [6.45, 7) is 0. The summed E-state index contributed by atoms with van der Waals surface area (Å²) in [7, 11) is 0.